The topological polar surface area (TPSA) is 68.0 Å². The first-order chi connectivity index (χ1) is 8.10. The zero-order chi connectivity index (χ0) is 12.4. The van der Waals surface area contributed by atoms with Crippen LogP contribution in [-0.4, -0.2) is 23.2 Å². The number of anilines is 1. The lowest BCUT2D eigenvalue weighted by Gasteiger charge is -2.05. The maximum absolute atomic E-state index is 11.4. The van der Waals surface area contributed by atoms with E-state index >= 15 is 0 Å². The first-order valence-corrected chi connectivity index (χ1v) is 6.84. The molecule has 0 aliphatic heterocycles. The second-order valence-electron chi connectivity index (χ2n) is 3.58. The number of nitrogens with one attached hydrogen (secondary N) is 1. The molecule has 17 heavy (non-hydrogen) atoms. The molecule has 1 heterocycles. The molecule has 1 amide bonds. The lowest BCUT2D eigenvalue weighted by atomic mass is 10.3. The smallest absolute Gasteiger partial charge is 0.233 e. The number of carbonyl (C=O) groups is 1. The summed E-state index contributed by atoms with van der Waals surface area (Å²) in [5.74, 6) is 0.00812. The van der Waals surface area contributed by atoms with Crippen LogP contribution in [0.1, 0.15) is 6.92 Å². The zero-order valence-corrected chi connectivity index (χ0v) is 11.2. The zero-order valence-electron chi connectivity index (χ0n) is 9.56. The predicted molar refractivity (Wildman–Crippen MR) is 73.4 cm³/mol. The molecule has 0 bridgehead atoms. The fraction of sp³-hybridized carbons (Fsp3) is 0.273. The van der Waals surface area contributed by atoms with E-state index in [2.05, 4.69) is 10.3 Å². The van der Waals surface area contributed by atoms with E-state index in [1.807, 2.05) is 25.1 Å². The molecule has 1 aromatic heterocycles. The van der Waals surface area contributed by atoms with Crippen LogP contribution in [0, 0.1) is 0 Å². The molecule has 0 aliphatic rings. The molecule has 1 aromatic carbocycles. The van der Waals surface area contributed by atoms with E-state index < -0.39 is 0 Å². The molecule has 0 aliphatic carbocycles. The molecule has 0 saturated heterocycles. The third kappa shape index (κ3) is 2.70. The fourth-order valence-corrected chi connectivity index (χ4v) is 3.70. The van der Waals surface area contributed by atoms with Crippen molar-refractivity contribution in [2.45, 2.75) is 16.5 Å². The number of thiazole rings is 1. The lowest BCUT2D eigenvalue weighted by molar-refractivity contribution is -0.119. The Morgan fingerprint density at radius 3 is 3.06 bits per heavy atom. The molecular weight excluding hydrogens is 254 g/mol. The van der Waals surface area contributed by atoms with Gasteiger partial charge in [-0.05, 0) is 25.1 Å². The summed E-state index contributed by atoms with van der Waals surface area (Å²) in [6, 6.07) is 5.64. The van der Waals surface area contributed by atoms with Gasteiger partial charge >= 0.3 is 0 Å². The summed E-state index contributed by atoms with van der Waals surface area (Å²) in [5, 5.41) is 2.48. The molecule has 0 radical (unpaired) electrons. The number of hydrogen-bond acceptors (Lipinski definition) is 5. The standard InChI is InChI=1S/C11H13N3OS2/c1-6(10(15)13-2)16-11-14-8-4-3-7(12)5-9(8)17-11/h3-6H,12H2,1-2H3,(H,13,15). The minimum atomic E-state index is -0.141. The van der Waals surface area contributed by atoms with Gasteiger partial charge in [-0.1, -0.05) is 11.8 Å². The van der Waals surface area contributed by atoms with E-state index in [9.17, 15) is 4.79 Å². The Morgan fingerprint density at radius 1 is 1.59 bits per heavy atom. The number of hydrogen-bond donors (Lipinski definition) is 2. The first-order valence-electron chi connectivity index (χ1n) is 5.14. The SMILES string of the molecule is CNC(=O)C(C)Sc1nc2ccc(N)cc2s1. The first kappa shape index (κ1) is 12.2. The van der Waals surface area contributed by atoms with Crippen molar-refractivity contribution in [2.24, 2.45) is 0 Å². The number of nitrogens with zero attached hydrogens (tertiary/aromatic N) is 1. The molecule has 1 atom stereocenters. The van der Waals surface area contributed by atoms with Crippen molar-refractivity contribution in [3.63, 3.8) is 0 Å². The molecule has 3 N–H and O–H groups in total. The van der Waals surface area contributed by atoms with Crippen molar-refractivity contribution in [3.8, 4) is 0 Å². The number of benzene rings is 1. The van der Waals surface area contributed by atoms with Gasteiger partial charge in [0.1, 0.15) is 0 Å². The Balaban J connectivity index is 2.22. The summed E-state index contributed by atoms with van der Waals surface area (Å²) in [6.07, 6.45) is 0. The Kier molecular flexibility index (Phi) is 3.54. The number of carbonyl (C=O) groups excluding carboxylic acids is 1. The highest BCUT2D eigenvalue weighted by Crippen LogP contribution is 2.32. The Morgan fingerprint density at radius 2 is 2.35 bits per heavy atom. The highest BCUT2D eigenvalue weighted by atomic mass is 32.2. The predicted octanol–water partition coefficient (Wildman–Crippen LogP) is 2.11. The average molecular weight is 267 g/mol. The van der Waals surface area contributed by atoms with Crippen LogP contribution in [0.15, 0.2) is 22.5 Å². The second kappa shape index (κ2) is 4.93. The molecule has 0 fully saturated rings. The molecule has 6 heteroatoms. The van der Waals surface area contributed by atoms with Crippen LogP contribution >= 0.6 is 23.1 Å². The summed E-state index contributed by atoms with van der Waals surface area (Å²) >= 11 is 3.02. The van der Waals surface area contributed by atoms with E-state index in [4.69, 9.17) is 5.73 Å². The highest BCUT2D eigenvalue weighted by molar-refractivity contribution is 8.02. The van der Waals surface area contributed by atoms with Gasteiger partial charge in [0.05, 0.1) is 15.5 Å². The van der Waals surface area contributed by atoms with Crippen molar-refractivity contribution in [3.05, 3.63) is 18.2 Å². The quantitative estimate of drug-likeness (QED) is 0.660. The Bertz CT molecular complexity index is 553. The molecule has 4 nitrogen and oxygen atoms in total. The molecule has 1 unspecified atom stereocenters. The summed E-state index contributed by atoms with van der Waals surface area (Å²) in [6.45, 7) is 1.87. The molecular formula is C11H13N3OS2. The van der Waals surface area contributed by atoms with Gasteiger partial charge < -0.3 is 11.1 Å². The Hall–Kier alpha value is -1.27. The van der Waals surface area contributed by atoms with Crippen molar-refractivity contribution < 1.29 is 4.79 Å². The van der Waals surface area contributed by atoms with Gasteiger partial charge in [-0.25, -0.2) is 4.98 Å². The van der Waals surface area contributed by atoms with Gasteiger partial charge in [0.15, 0.2) is 4.34 Å². The largest absolute Gasteiger partial charge is 0.399 e. The van der Waals surface area contributed by atoms with Crippen molar-refractivity contribution in [2.75, 3.05) is 12.8 Å². The number of aromatic nitrogens is 1. The van der Waals surface area contributed by atoms with Crippen molar-refractivity contribution in [1.82, 2.24) is 10.3 Å². The van der Waals surface area contributed by atoms with Crippen LogP contribution in [0.2, 0.25) is 0 Å². The van der Waals surface area contributed by atoms with E-state index in [0.717, 1.165) is 20.2 Å². The number of amides is 1. The monoisotopic (exact) mass is 267 g/mol. The molecule has 90 valence electrons. The minimum absolute atomic E-state index is 0.00812. The number of nitrogen functional groups attached to an aromatic ring is 1. The minimum Gasteiger partial charge on any atom is -0.399 e. The second-order valence-corrected chi connectivity index (χ2v) is 6.20. The third-order valence-electron chi connectivity index (χ3n) is 2.29. The maximum Gasteiger partial charge on any atom is 0.233 e. The summed E-state index contributed by atoms with van der Waals surface area (Å²) < 4.78 is 1.94. The Labute approximate surface area is 108 Å². The number of fused-ring (bicyclic) bond motifs is 1. The van der Waals surface area contributed by atoms with Crippen LogP contribution < -0.4 is 11.1 Å². The number of nitrogens with two attached hydrogens (primary N) is 1. The molecule has 0 saturated carbocycles. The van der Waals surface area contributed by atoms with Crippen LogP contribution in [0.5, 0.6) is 0 Å². The van der Waals surface area contributed by atoms with Crippen LogP contribution in [0.25, 0.3) is 10.2 Å². The van der Waals surface area contributed by atoms with Gasteiger partial charge in [-0.2, -0.15) is 0 Å². The van der Waals surface area contributed by atoms with Gasteiger partial charge in [0.25, 0.3) is 0 Å². The van der Waals surface area contributed by atoms with Gasteiger partial charge in [0, 0.05) is 12.7 Å². The molecule has 2 rings (SSSR count). The van der Waals surface area contributed by atoms with E-state index in [0.29, 0.717) is 0 Å². The summed E-state index contributed by atoms with van der Waals surface area (Å²) in [5.41, 5.74) is 7.37. The van der Waals surface area contributed by atoms with Crippen LogP contribution in [0.3, 0.4) is 0 Å². The van der Waals surface area contributed by atoms with E-state index in [1.54, 1.807) is 18.4 Å². The summed E-state index contributed by atoms with van der Waals surface area (Å²) in [7, 11) is 1.64. The average Bonchev–Trinajstić information content (AvgIpc) is 2.69. The van der Waals surface area contributed by atoms with Crippen molar-refractivity contribution in [1.29, 1.82) is 0 Å². The molecule has 2 aromatic rings. The lowest BCUT2D eigenvalue weighted by Crippen LogP contribution is -2.26. The number of thioether (sulfide) groups is 1. The van der Waals surface area contributed by atoms with E-state index in [-0.39, 0.29) is 11.2 Å². The molecule has 0 spiro atoms. The third-order valence-corrected chi connectivity index (χ3v) is 4.50. The summed E-state index contributed by atoms with van der Waals surface area (Å²) in [4.78, 5) is 15.9. The van der Waals surface area contributed by atoms with Gasteiger partial charge in [0.2, 0.25) is 5.91 Å². The van der Waals surface area contributed by atoms with Gasteiger partial charge in [-0.15, -0.1) is 11.3 Å². The number of rotatable bonds is 3. The normalized spacial score (nSPS) is 12.6. The fourth-order valence-electron chi connectivity index (χ4n) is 1.38. The van der Waals surface area contributed by atoms with Crippen LogP contribution in [0.4, 0.5) is 5.69 Å². The highest BCUT2D eigenvalue weighted by Gasteiger charge is 2.15. The van der Waals surface area contributed by atoms with Crippen molar-refractivity contribution >= 4 is 44.9 Å². The van der Waals surface area contributed by atoms with E-state index in [1.165, 1.54) is 11.8 Å². The van der Waals surface area contributed by atoms with Crippen LogP contribution in [-0.2, 0) is 4.79 Å². The maximum atomic E-state index is 11.4. The van der Waals surface area contributed by atoms with Gasteiger partial charge in [-0.3, -0.25) is 4.79 Å².